The number of anilines is 1. The van der Waals surface area contributed by atoms with Gasteiger partial charge in [0.15, 0.2) is 0 Å². The van der Waals surface area contributed by atoms with Crippen molar-refractivity contribution in [2.75, 3.05) is 24.6 Å². The zero-order valence-corrected chi connectivity index (χ0v) is 14.5. The van der Waals surface area contributed by atoms with Gasteiger partial charge in [0.1, 0.15) is 5.82 Å². The maximum Gasteiger partial charge on any atom is 0.226 e. The lowest BCUT2D eigenvalue weighted by molar-refractivity contribution is 0.0379. The lowest BCUT2D eigenvalue weighted by atomic mass is 10.2. The molecule has 1 aliphatic rings. The number of aromatic nitrogens is 4. The first kappa shape index (κ1) is 16.7. The highest BCUT2D eigenvalue weighted by Crippen LogP contribution is 2.21. The van der Waals surface area contributed by atoms with E-state index in [1.165, 1.54) is 12.1 Å². The van der Waals surface area contributed by atoms with Gasteiger partial charge in [-0.15, -0.1) is 0 Å². The third-order valence-corrected chi connectivity index (χ3v) is 4.49. The Labute approximate surface area is 151 Å². The van der Waals surface area contributed by atoms with E-state index in [1.54, 1.807) is 29.2 Å². The fourth-order valence-corrected chi connectivity index (χ4v) is 3.00. The van der Waals surface area contributed by atoms with Crippen LogP contribution in [0.25, 0.3) is 16.9 Å². The Morgan fingerprint density at radius 1 is 1.23 bits per heavy atom. The van der Waals surface area contributed by atoms with Crippen LogP contribution in [-0.2, 0) is 4.74 Å². The first-order valence-corrected chi connectivity index (χ1v) is 8.73. The largest absolute Gasteiger partial charge is 0.375 e. The summed E-state index contributed by atoms with van der Waals surface area (Å²) in [4.78, 5) is 11.3. The minimum Gasteiger partial charge on any atom is -0.375 e. The Bertz CT molecular complexity index is 880. The van der Waals surface area contributed by atoms with Crippen molar-refractivity contribution in [2.24, 2.45) is 0 Å². The number of benzene rings is 1. The smallest absolute Gasteiger partial charge is 0.226 e. The number of halogens is 1. The number of ether oxygens (including phenoxy) is 1. The molecule has 1 fully saturated rings. The molecule has 3 aromatic rings. The Balaban J connectivity index is 1.58. The molecule has 26 heavy (non-hydrogen) atoms. The Morgan fingerprint density at radius 2 is 2.08 bits per heavy atom. The predicted octanol–water partition coefficient (Wildman–Crippen LogP) is 3.08. The number of rotatable bonds is 4. The quantitative estimate of drug-likeness (QED) is 0.721. The van der Waals surface area contributed by atoms with Crippen LogP contribution in [0, 0.1) is 5.82 Å². The van der Waals surface area contributed by atoms with E-state index in [2.05, 4.69) is 21.9 Å². The van der Waals surface area contributed by atoms with Crippen LogP contribution in [0.3, 0.4) is 0 Å². The SMILES string of the molecule is CCC1CN(c2nccc(-c3cnn(-c4ccc(F)cc4)c3)n2)CCO1. The molecule has 0 saturated carbocycles. The van der Waals surface area contributed by atoms with E-state index >= 15 is 0 Å². The summed E-state index contributed by atoms with van der Waals surface area (Å²) in [5, 5.41) is 4.36. The molecule has 2 aromatic heterocycles. The molecule has 3 heterocycles. The van der Waals surface area contributed by atoms with Crippen LogP contribution in [-0.4, -0.2) is 45.5 Å². The second kappa shape index (κ2) is 7.21. The number of hydrogen-bond donors (Lipinski definition) is 0. The number of nitrogens with zero attached hydrogens (tertiary/aromatic N) is 5. The fraction of sp³-hybridized carbons (Fsp3) is 0.316. The van der Waals surface area contributed by atoms with Gasteiger partial charge in [-0.3, -0.25) is 0 Å². The van der Waals surface area contributed by atoms with Crippen molar-refractivity contribution in [3.05, 3.63) is 54.7 Å². The van der Waals surface area contributed by atoms with Crippen molar-refractivity contribution in [2.45, 2.75) is 19.4 Å². The minimum atomic E-state index is -0.266. The molecule has 1 aromatic carbocycles. The molecule has 0 aliphatic carbocycles. The molecule has 0 bridgehead atoms. The monoisotopic (exact) mass is 353 g/mol. The summed E-state index contributed by atoms with van der Waals surface area (Å²) in [6, 6.07) is 8.09. The van der Waals surface area contributed by atoms with Gasteiger partial charge in [-0.25, -0.2) is 19.0 Å². The van der Waals surface area contributed by atoms with Crippen LogP contribution in [0.1, 0.15) is 13.3 Å². The van der Waals surface area contributed by atoms with Gasteiger partial charge in [0.05, 0.1) is 30.3 Å². The number of hydrogen-bond acceptors (Lipinski definition) is 5. The van der Waals surface area contributed by atoms with Gasteiger partial charge in [0.2, 0.25) is 5.95 Å². The average molecular weight is 353 g/mol. The highest BCUT2D eigenvalue weighted by molar-refractivity contribution is 5.59. The van der Waals surface area contributed by atoms with E-state index in [9.17, 15) is 4.39 Å². The van der Waals surface area contributed by atoms with Crippen molar-refractivity contribution < 1.29 is 9.13 Å². The van der Waals surface area contributed by atoms with Crippen LogP contribution >= 0.6 is 0 Å². The average Bonchev–Trinajstić information content (AvgIpc) is 3.19. The van der Waals surface area contributed by atoms with Gasteiger partial charge in [-0.05, 0) is 36.8 Å². The summed E-state index contributed by atoms with van der Waals surface area (Å²) in [6.45, 7) is 4.40. The molecule has 1 unspecified atom stereocenters. The van der Waals surface area contributed by atoms with E-state index in [0.717, 1.165) is 36.5 Å². The molecule has 0 N–H and O–H groups in total. The van der Waals surface area contributed by atoms with Gasteiger partial charge < -0.3 is 9.64 Å². The second-order valence-electron chi connectivity index (χ2n) is 6.24. The maximum atomic E-state index is 13.1. The zero-order valence-electron chi connectivity index (χ0n) is 14.5. The van der Waals surface area contributed by atoms with Crippen LogP contribution in [0.2, 0.25) is 0 Å². The normalized spacial score (nSPS) is 17.5. The van der Waals surface area contributed by atoms with Crippen molar-refractivity contribution in [1.29, 1.82) is 0 Å². The lowest BCUT2D eigenvalue weighted by Crippen LogP contribution is -2.43. The number of morpholine rings is 1. The molecule has 6 nitrogen and oxygen atoms in total. The van der Waals surface area contributed by atoms with Crippen LogP contribution in [0.4, 0.5) is 10.3 Å². The fourth-order valence-electron chi connectivity index (χ4n) is 3.00. The summed E-state index contributed by atoms with van der Waals surface area (Å²) in [5.41, 5.74) is 2.49. The van der Waals surface area contributed by atoms with Gasteiger partial charge in [0.25, 0.3) is 0 Å². The van der Waals surface area contributed by atoms with E-state index in [1.807, 2.05) is 12.3 Å². The molecule has 0 amide bonds. The molecule has 134 valence electrons. The highest BCUT2D eigenvalue weighted by Gasteiger charge is 2.21. The van der Waals surface area contributed by atoms with Gasteiger partial charge >= 0.3 is 0 Å². The molecule has 1 aliphatic heterocycles. The molecule has 4 rings (SSSR count). The topological polar surface area (TPSA) is 56.1 Å². The predicted molar refractivity (Wildman–Crippen MR) is 96.8 cm³/mol. The van der Waals surface area contributed by atoms with Crippen LogP contribution in [0.5, 0.6) is 0 Å². The standard InChI is InChI=1S/C19H20FN5O/c1-2-17-13-24(9-10-26-17)19-21-8-7-18(23-19)14-11-22-25(12-14)16-5-3-15(20)4-6-16/h3-8,11-12,17H,2,9-10,13H2,1H3. The Morgan fingerprint density at radius 3 is 2.88 bits per heavy atom. The molecule has 1 atom stereocenters. The van der Waals surface area contributed by atoms with Crippen molar-refractivity contribution in [1.82, 2.24) is 19.7 Å². The first-order chi connectivity index (χ1) is 12.7. The van der Waals surface area contributed by atoms with Crippen molar-refractivity contribution in [3.63, 3.8) is 0 Å². The van der Waals surface area contributed by atoms with Crippen molar-refractivity contribution >= 4 is 5.95 Å². The molecule has 1 saturated heterocycles. The third kappa shape index (κ3) is 3.43. The lowest BCUT2D eigenvalue weighted by Gasteiger charge is -2.32. The van der Waals surface area contributed by atoms with E-state index in [-0.39, 0.29) is 11.9 Å². The maximum absolute atomic E-state index is 13.1. The molecular formula is C19H20FN5O. The van der Waals surface area contributed by atoms with Crippen LogP contribution < -0.4 is 4.90 Å². The second-order valence-corrected chi connectivity index (χ2v) is 6.24. The van der Waals surface area contributed by atoms with Gasteiger partial charge in [-0.1, -0.05) is 6.92 Å². The van der Waals surface area contributed by atoms with Crippen LogP contribution in [0.15, 0.2) is 48.9 Å². The summed E-state index contributed by atoms with van der Waals surface area (Å²) in [7, 11) is 0. The molecular weight excluding hydrogens is 333 g/mol. The van der Waals surface area contributed by atoms with E-state index < -0.39 is 0 Å². The summed E-state index contributed by atoms with van der Waals surface area (Å²) in [6.07, 6.45) is 6.60. The Kier molecular flexibility index (Phi) is 4.62. The molecule has 0 spiro atoms. The van der Waals surface area contributed by atoms with Crippen molar-refractivity contribution in [3.8, 4) is 16.9 Å². The minimum absolute atomic E-state index is 0.220. The molecule has 0 radical (unpaired) electrons. The first-order valence-electron chi connectivity index (χ1n) is 8.73. The van der Waals surface area contributed by atoms with Gasteiger partial charge in [0, 0.05) is 31.0 Å². The summed E-state index contributed by atoms with van der Waals surface area (Å²) in [5.74, 6) is 0.441. The van der Waals surface area contributed by atoms with Gasteiger partial charge in [-0.2, -0.15) is 5.10 Å². The summed E-state index contributed by atoms with van der Waals surface area (Å²) < 4.78 is 20.5. The third-order valence-electron chi connectivity index (χ3n) is 4.49. The summed E-state index contributed by atoms with van der Waals surface area (Å²) >= 11 is 0. The Hall–Kier alpha value is -2.80. The molecule has 7 heteroatoms. The zero-order chi connectivity index (χ0) is 17.9. The van der Waals surface area contributed by atoms with E-state index in [4.69, 9.17) is 9.72 Å². The van der Waals surface area contributed by atoms with E-state index in [0.29, 0.717) is 12.6 Å². The highest BCUT2D eigenvalue weighted by atomic mass is 19.1.